The van der Waals surface area contributed by atoms with Gasteiger partial charge in [-0.15, -0.1) is 0 Å². The Labute approximate surface area is 161 Å². The van der Waals surface area contributed by atoms with Crippen LogP contribution in [0.4, 0.5) is 5.69 Å². The molecule has 0 radical (unpaired) electrons. The Morgan fingerprint density at radius 3 is 2.28 bits per heavy atom. The highest BCUT2D eigenvalue weighted by molar-refractivity contribution is 14.1. The van der Waals surface area contributed by atoms with Crippen molar-refractivity contribution in [3.8, 4) is 0 Å². The first-order chi connectivity index (χ1) is 12.1. The Kier molecular flexibility index (Phi) is 6.07. The minimum absolute atomic E-state index is 0.0395. The summed E-state index contributed by atoms with van der Waals surface area (Å²) >= 11 is 2.18. The molecule has 130 valence electrons. The van der Waals surface area contributed by atoms with E-state index in [0.717, 1.165) is 16.4 Å². The Hall–Kier alpha value is -1.89. The lowest BCUT2D eigenvalue weighted by molar-refractivity contribution is 0.0927. The number of carbonyl (C=O) groups is 2. The number of hydrogen-bond donors (Lipinski definition) is 2. The zero-order chi connectivity index (χ0) is 17.6. The lowest BCUT2D eigenvalue weighted by Crippen LogP contribution is -2.36. The molecule has 25 heavy (non-hydrogen) atoms. The van der Waals surface area contributed by atoms with Crippen LogP contribution >= 0.6 is 22.6 Å². The zero-order valence-corrected chi connectivity index (χ0v) is 16.1. The van der Waals surface area contributed by atoms with Gasteiger partial charge in [0.15, 0.2) is 0 Å². The van der Waals surface area contributed by atoms with Gasteiger partial charge in [-0.1, -0.05) is 25.3 Å². The Morgan fingerprint density at radius 2 is 1.60 bits per heavy atom. The van der Waals surface area contributed by atoms with Crippen LogP contribution in [0.1, 0.15) is 52.8 Å². The number of carbonyl (C=O) groups excluding carboxylic acids is 2. The van der Waals surface area contributed by atoms with Crippen LogP contribution in [0, 0.1) is 3.57 Å². The molecule has 2 amide bonds. The van der Waals surface area contributed by atoms with Crippen LogP contribution in [-0.2, 0) is 0 Å². The Morgan fingerprint density at radius 1 is 0.880 bits per heavy atom. The zero-order valence-electron chi connectivity index (χ0n) is 13.9. The van der Waals surface area contributed by atoms with Crippen molar-refractivity contribution < 1.29 is 9.59 Å². The van der Waals surface area contributed by atoms with Crippen molar-refractivity contribution in [3.05, 3.63) is 63.2 Å². The van der Waals surface area contributed by atoms with Gasteiger partial charge in [-0.3, -0.25) is 9.59 Å². The lowest BCUT2D eigenvalue weighted by Gasteiger charge is -2.22. The molecule has 2 N–H and O–H groups in total. The number of anilines is 1. The molecule has 3 rings (SSSR count). The number of halogens is 1. The first-order valence-corrected chi connectivity index (χ1v) is 9.67. The molecule has 0 heterocycles. The van der Waals surface area contributed by atoms with Gasteiger partial charge in [-0.05, 0) is 77.9 Å². The fourth-order valence-corrected chi connectivity index (χ4v) is 3.60. The molecule has 4 nitrogen and oxygen atoms in total. The van der Waals surface area contributed by atoms with E-state index < -0.39 is 0 Å². The third kappa shape index (κ3) is 5.04. The quantitative estimate of drug-likeness (QED) is 0.672. The molecule has 5 heteroatoms. The molecule has 0 aliphatic heterocycles. The SMILES string of the molecule is O=C(Nc1ccc(C(=O)NC2CCCCC2)cc1)c1cccc(I)c1. The summed E-state index contributed by atoms with van der Waals surface area (Å²) in [4.78, 5) is 24.6. The van der Waals surface area contributed by atoms with Crippen molar-refractivity contribution in [2.75, 3.05) is 5.32 Å². The van der Waals surface area contributed by atoms with E-state index in [1.807, 2.05) is 18.2 Å². The molecular formula is C20H21IN2O2. The number of rotatable bonds is 4. The van der Waals surface area contributed by atoms with Crippen molar-refractivity contribution in [2.45, 2.75) is 38.1 Å². The fourth-order valence-electron chi connectivity index (χ4n) is 3.05. The predicted molar refractivity (Wildman–Crippen MR) is 108 cm³/mol. The maximum atomic E-state index is 12.3. The van der Waals surface area contributed by atoms with E-state index in [1.54, 1.807) is 30.3 Å². The first kappa shape index (κ1) is 17.9. The van der Waals surface area contributed by atoms with Crippen LogP contribution in [-0.4, -0.2) is 17.9 Å². The van der Waals surface area contributed by atoms with E-state index in [1.165, 1.54) is 19.3 Å². The van der Waals surface area contributed by atoms with E-state index in [4.69, 9.17) is 0 Å². The first-order valence-electron chi connectivity index (χ1n) is 8.60. The van der Waals surface area contributed by atoms with Gasteiger partial charge in [0.25, 0.3) is 11.8 Å². The summed E-state index contributed by atoms with van der Waals surface area (Å²) in [6.07, 6.45) is 5.77. The van der Waals surface area contributed by atoms with E-state index in [-0.39, 0.29) is 11.8 Å². The summed E-state index contributed by atoms with van der Waals surface area (Å²) in [7, 11) is 0. The van der Waals surface area contributed by atoms with Crippen LogP contribution in [0.15, 0.2) is 48.5 Å². The lowest BCUT2D eigenvalue weighted by atomic mass is 9.95. The van der Waals surface area contributed by atoms with Gasteiger partial charge in [-0.25, -0.2) is 0 Å². The van der Waals surface area contributed by atoms with E-state index in [2.05, 4.69) is 33.2 Å². The monoisotopic (exact) mass is 448 g/mol. The number of benzene rings is 2. The smallest absolute Gasteiger partial charge is 0.255 e. The van der Waals surface area contributed by atoms with Gasteiger partial charge < -0.3 is 10.6 Å². The number of hydrogen-bond acceptors (Lipinski definition) is 2. The van der Waals surface area contributed by atoms with Crippen LogP contribution in [0.5, 0.6) is 0 Å². The summed E-state index contributed by atoms with van der Waals surface area (Å²) in [6, 6.07) is 14.7. The molecule has 1 fully saturated rings. The van der Waals surface area contributed by atoms with Crippen molar-refractivity contribution in [1.29, 1.82) is 0 Å². The van der Waals surface area contributed by atoms with Crippen molar-refractivity contribution in [3.63, 3.8) is 0 Å². The maximum absolute atomic E-state index is 12.3. The predicted octanol–water partition coefficient (Wildman–Crippen LogP) is 4.61. The largest absolute Gasteiger partial charge is 0.349 e. The average Bonchev–Trinajstić information content (AvgIpc) is 2.63. The van der Waals surface area contributed by atoms with Gasteiger partial charge in [0.1, 0.15) is 0 Å². The molecule has 0 atom stereocenters. The van der Waals surface area contributed by atoms with Crippen LogP contribution in [0.2, 0.25) is 0 Å². The van der Waals surface area contributed by atoms with Gasteiger partial charge in [-0.2, -0.15) is 0 Å². The molecule has 0 unspecified atom stereocenters. The topological polar surface area (TPSA) is 58.2 Å². The van der Waals surface area contributed by atoms with E-state index >= 15 is 0 Å². The van der Waals surface area contributed by atoms with E-state index in [0.29, 0.717) is 22.9 Å². The normalized spacial score (nSPS) is 14.8. The highest BCUT2D eigenvalue weighted by Gasteiger charge is 2.16. The van der Waals surface area contributed by atoms with Crippen molar-refractivity contribution in [2.24, 2.45) is 0 Å². The molecule has 1 aliphatic rings. The summed E-state index contributed by atoms with van der Waals surface area (Å²) in [5.74, 6) is -0.194. The molecule has 1 saturated carbocycles. The van der Waals surface area contributed by atoms with Gasteiger partial charge >= 0.3 is 0 Å². The van der Waals surface area contributed by atoms with Gasteiger partial charge in [0.05, 0.1) is 0 Å². The summed E-state index contributed by atoms with van der Waals surface area (Å²) in [5.41, 5.74) is 1.92. The third-order valence-electron chi connectivity index (χ3n) is 4.43. The van der Waals surface area contributed by atoms with E-state index in [9.17, 15) is 9.59 Å². The minimum Gasteiger partial charge on any atom is -0.349 e. The number of nitrogens with one attached hydrogen (secondary N) is 2. The van der Waals surface area contributed by atoms with Crippen molar-refractivity contribution >= 4 is 40.1 Å². The fraction of sp³-hybridized carbons (Fsp3) is 0.300. The molecule has 2 aromatic rings. The van der Waals surface area contributed by atoms with Crippen molar-refractivity contribution in [1.82, 2.24) is 5.32 Å². The summed E-state index contributed by atoms with van der Waals surface area (Å²) in [5, 5.41) is 5.96. The molecule has 0 spiro atoms. The molecule has 0 aromatic heterocycles. The minimum atomic E-state index is -0.155. The molecule has 1 aliphatic carbocycles. The second-order valence-electron chi connectivity index (χ2n) is 6.35. The van der Waals surface area contributed by atoms with Gasteiger partial charge in [0, 0.05) is 26.4 Å². The summed E-state index contributed by atoms with van der Waals surface area (Å²) in [6.45, 7) is 0. The molecule has 0 saturated heterocycles. The average molecular weight is 448 g/mol. The van der Waals surface area contributed by atoms with Crippen LogP contribution in [0.3, 0.4) is 0 Å². The Bertz CT molecular complexity index is 753. The maximum Gasteiger partial charge on any atom is 0.255 e. The van der Waals surface area contributed by atoms with Crippen LogP contribution < -0.4 is 10.6 Å². The number of amides is 2. The van der Waals surface area contributed by atoms with Crippen LogP contribution in [0.25, 0.3) is 0 Å². The molecule has 0 bridgehead atoms. The molecule has 2 aromatic carbocycles. The molecular weight excluding hydrogens is 427 g/mol. The highest BCUT2D eigenvalue weighted by Crippen LogP contribution is 2.18. The second-order valence-corrected chi connectivity index (χ2v) is 7.60. The highest BCUT2D eigenvalue weighted by atomic mass is 127. The second kappa shape index (κ2) is 8.47. The standard InChI is InChI=1S/C20H21IN2O2/c21-16-6-4-5-15(13-16)20(25)23-18-11-9-14(10-12-18)19(24)22-17-7-2-1-3-8-17/h4-6,9-13,17H,1-3,7-8H2,(H,22,24)(H,23,25). The Balaban J connectivity index is 1.59. The summed E-state index contributed by atoms with van der Waals surface area (Å²) < 4.78 is 1.01. The third-order valence-corrected chi connectivity index (χ3v) is 5.10. The van der Waals surface area contributed by atoms with Gasteiger partial charge in [0.2, 0.25) is 0 Å².